The molecule has 0 N–H and O–H groups in total. The van der Waals surface area contributed by atoms with Crippen LogP contribution in [0.1, 0.15) is 11.1 Å². The molecule has 2 aromatic rings. The minimum Gasteiger partial charge on any atom is -0.457 e. The Morgan fingerprint density at radius 2 is 1.78 bits per heavy atom. The second kappa shape index (κ2) is 5.59. The van der Waals surface area contributed by atoms with Crippen molar-refractivity contribution < 1.29 is 9.13 Å². The van der Waals surface area contributed by atoms with Gasteiger partial charge in [0.25, 0.3) is 0 Å². The number of aryl methyl sites for hydroxylation is 1. The molecule has 0 atom stereocenters. The van der Waals surface area contributed by atoms with Crippen molar-refractivity contribution in [3.05, 3.63) is 58.4 Å². The van der Waals surface area contributed by atoms with Crippen LogP contribution in [0.15, 0.2) is 36.4 Å². The van der Waals surface area contributed by atoms with Gasteiger partial charge in [-0.25, -0.2) is 4.39 Å². The molecule has 0 aliphatic heterocycles. The van der Waals surface area contributed by atoms with E-state index in [2.05, 4.69) is 0 Å². The molecule has 2 rings (SSSR count). The quantitative estimate of drug-likeness (QED) is 0.693. The molecule has 4 heteroatoms. The van der Waals surface area contributed by atoms with Gasteiger partial charge in [-0.3, -0.25) is 0 Å². The van der Waals surface area contributed by atoms with Crippen molar-refractivity contribution in [1.82, 2.24) is 0 Å². The summed E-state index contributed by atoms with van der Waals surface area (Å²) < 4.78 is 18.8. The van der Waals surface area contributed by atoms with E-state index >= 15 is 0 Å². The number of halogens is 3. The van der Waals surface area contributed by atoms with Gasteiger partial charge < -0.3 is 4.74 Å². The Labute approximate surface area is 115 Å². The smallest absolute Gasteiger partial charge is 0.145 e. The standard InChI is InChI=1S/C14H11Cl2FO/c1-9-6-11(3-2-10(9)8-15)18-12-4-5-13(16)14(17)7-12/h2-7H,8H2,1H3. The zero-order valence-corrected chi connectivity index (χ0v) is 11.2. The van der Waals surface area contributed by atoms with E-state index in [1.807, 2.05) is 19.1 Å². The van der Waals surface area contributed by atoms with E-state index in [1.165, 1.54) is 12.1 Å². The highest BCUT2D eigenvalue weighted by Crippen LogP contribution is 2.27. The summed E-state index contributed by atoms with van der Waals surface area (Å²) in [5.74, 6) is 1.02. The highest BCUT2D eigenvalue weighted by atomic mass is 35.5. The van der Waals surface area contributed by atoms with Gasteiger partial charge in [0.1, 0.15) is 17.3 Å². The molecule has 0 saturated carbocycles. The SMILES string of the molecule is Cc1cc(Oc2ccc(Cl)c(F)c2)ccc1CCl. The lowest BCUT2D eigenvalue weighted by Crippen LogP contribution is -1.89. The molecule has 0 bridgehead atoms. The first kappa shape index (κ1) is 13.2. The first-order chi connectivity index (χ1) is 8.60. The van der Waals surface area contributed by atoms with Crippen molar-refractivity contribution in [3.63, 3.8) is 0 Å². The number of hydrogen-bond donors (Lipinski definition) is 0. The fraction of sp³-hybridized carbons (Fsp3) is 0.143. The molecule has 0 aliphatic carbocycles. The Hall–Kier alpha value is -1.25. The maximum atomic E-state index is 13.3. The van der Waals surface area contributed by atoms with E-state index in [0.717, 1.165) is 11.1 Å². The lowest BCUT2D eigenvalue weighted by atomic mass is 10.1. The lowest BCUT2D eigenvalue weighted by molar-refractivity contribution is 0.476. The van der Waals surface area contributed by atoms with Crippen LogP contribution < -0.4 is 4.74 Å². The maximum absolute atomic E-state index is 13.3. The molecule has 0 radical (unpaired) electrons. The average molecular weight is 285 g/mol. The summed E-state index contributed by atoms with van der Waals surface area (Å²) in [6.45, 7) is 1.95. The molecule has 0 heterocycles. The van der Waals surface area contributed by atoms with Crippen LogP contribution in [0.5, 0.6) is 11.5 Å². The number of alkyl halides is 1. The number of rotatable bonds is 3. The summed E-state index contributed by atoms with van der Waals surface area (Å²) in [5.41, 5.74) is 2.09. The van der Waals surface area contributed by atoms with Crippen LogP contribution in [-0.4, -0.2) is 0 Å². The van der Waals surface area contributed by atoms with Crippen molar-refractivity contribution >= 4 is 23.2 Å². The van der Waals surface area contributed by atoms with E-state index in [9.17, 15) is 4.39 Å². The molecule has 1 nitrogen and oxygen atoms in total. The van der Waals surface area contributed by atoms with Crippen LogP contribution >= 0.6 is 23.2 Å². The first-order valence-corrected chi connectivity index (χ1v) is 6.30. The number of benzene rings is 2. The Bertz CT molecular complexity index is 570. The summed E-state index contributed by atoms with van der Waals surface area (Å²) >= 11 is 11.4. The molecule has 0 fully saturated rings. The highest BCUT2D eigenvalue weighted by Gasteiger charge is 2.04. The molecule has 0 unspecified atom stereocenters. The summed E-state index contributed by atoms with van der Waals surface area (Å²) in [5, 5.41) is 0.0796. The van der Waals surface area contributed by atoms with Crippen LogP contribution in [0.25, 0.3) is 0 Å². The van der Waals surface area contributed by atoms with Gasteiger partial charge in [-0.15, -0.1) is 11.6 Å². The first-order valence-electron chi connectivity index (χ1n) is 5.38. The number of ether oxygens (including phenoxy) is 1. The van der Waals surface area contributed by atoms with Crippen LogP contribution in [-0.2, 0) is 5.88 Å². The number of hydrogen-bond acceptors (Lipinski definition) is 1. The van der Waals surface area contributed by atoms with Crippen LogP contribution in [0, 0.1) is 12.7 Å². The van der Waals surface area contributed by atoms with Crippen molar-refractivity contribution in [2.75, 3.05) is 0 Å². The Kier molecular flexibility index (Phi) is 4.10. The predicted molar refractivity (Wildman–Crippen MR) is 72.2 cm³/mol. The zero-order valence-electron chi connectivity index (χ0n) is 9.71. The molecule has 0 aliphatic rings. The average Bonchev–Trinajstić information content (AvgIpc) is 2.34. The molecule has 94 valence electrons. The maximum Gasteiger partial charge on any atom is 0.145 e. The van der Waals surface area contributed by atoms with Gasteiger partial charge in [0.05, 0.1) is 5.02 Å². The zero-order chi connectivity index (χ0) is 13.1. The van der Waals surface area contributed by atoms with Gasteiger partial charge >= 0.3 is 0 Å². The second-order valence-electron chi connectivity index (χ2n) is 3.90. The van der Waals surface area contributed by atoms with Crippen molar-refractivity contribution in [2.45, 2.75) is 12.8 Å². The van der Waals surface area contributed by atoms with E-state index in [4.69, 9.17) is 27.9 Å². The largest absolute Gasteiger partial charge is 0.457 e. The van der Waals surface area contributed by atoms with E-state index in [0.29, 0.717) is 17.4 Å². The predicted octanol–water partition coefficient (Wildman–Crippen LogP) is 5.32. The Balaban J connectivity index is 2.23. The van der Waals surface area contributed by atoms with E-state index in [1.54, 1.807) is 12.1 Å². The third-order valence-corrected chi connectivity index (χ3v) is 3.18. The molecule has 2 aromatic carbocycles. The summed E-state index contributed by atoms with van der Waals surface area (Å²) in [4.78, 5) is 0. The third-order valence-electron chi connectivity index (χ3n) is 2.58. The summed E-state index contributed by atoms with van der Waals surface area (Å²) in [7, 11) is 0. The molecule has 0 saturated heterocycles. The van der Waals surface area contributed by atoms with Crippen LogP contribution in [0.4, 0.5) is 4.39 Å². The van der Waals surface area contributed by atoms with Crippen molar-refractivity contribution in [3.8, 4) is 11.5 Å². The van der Waals surface area contributed by atoms with Crippen molar-refractivity contribution in [1.29, 1.82) is 0 Å². The van der Waals surface area contributed by atoms with E-state index in [-0.39, 0.29) is 5.02 Å². The summed E-state index contributed by atoms with van der Waals surface area (Å²) in [6.07, 6.45) is 0. The topological polar surface area (TPSA) is 9.23 Å². The molecule has 0 spiro atoms. The molecular formula is C14H11Cl2FO. The van der Waals surface area contributed by atoms with Crippen molar-refractivity contribution in [2.24, 2.45) is 0 Å². The van der Waals surface area contributed by atoms with Crippen LogP contribution in [0.2, 0.25) is 5.02 Å². The minimum atomic E-state index is -0.497. The Morgan fingerprint density at radius 3 is 2.39 bits per heavy atom. The van der Waals surface area contributed by atoms with Gasteiger partial charge in [0.2, 0.25) is 0 Å². The third kappa shape index (κ3) is 2.95. The normalized spacial score (nSPS) is 10.4. The van der Waals surface area contributed by atoms with Gasteiger partial charge in [-0.2, -0.15) is 0 Å². The highest BCUT2D eigenvalue weighted by molar-refractivity contribution is 6.30. The molecular weight excluding hydrogens is 274 g/mol. The van der Waals surface area contributed by atoms with Gasteiger partial charge in [-0.05, 0) is 42.3 Å². The molecule has 0 aromatic heterocycles. The minimum absolute atomic E-state index is 0.0796. The van der Waals surface area contributed by atoms with Gasteiger partial charge in [0.15, 0.2) is 0 Å². The molecule has 18 heavy (non-hydrogen) atoms. The van der Waals surface area contributed by atoms with E-state index < -0.39 is 5.82 Å². The molecule has 0 amide bonds. The van der Waals surface area contributed by atoms with Gasteiger partial charge in [-0.1, -0.05) is 17.7 Å². The summed E-state index contributed by atoms with van der Waals surface area (Å²) in [6, 6.07) is 9.90. The second-order valence-corrected chi connectivity index (χ2v) is 4.57. The van der Waals surface area contributed by atoms with Gasteiger partial charge in [0, 0.05) is 11.9 Å². The monoisotopic (exact) mass is 284 g/mol. The Morgan fingerprint density at radius 1 is 1.11 bits per heavy atom. The fourth-order valence-electron chi connectivity index (χ4n) is 1.56. The lowest BCUT2D eigenvalue weighted by Gasteiger charge is -2.09. The fourth-order valence-corrected chi connectivity index (χ4v) is 1.98. The van der Waals surface area contributed by atoms with Crippen LogP contribution in [0.3, 0.4) is 0 Å².